The van der Waals surface area contributed by atoms with Gasteiger partial charge < -0.3 is 15.3 Å². The molecule has 0 bridgehead atoms. The van der Waals surface area contributed by atoms with Crippen molar-refractivity contribution in [1.29, 1.82) is 0 Å². The second-order valence-corrected chi connectivity index (χ2v) is 1.77. The maximum absolute atomic E-state index is 8.19. The number of rotatable bonds is 3. The molecule has 0 aliphatic carbocycles. The Hall–Kier alpha value is 0.264. The van der Waals surface area contributed by atoms with E-state index in [4.69, 9.17) is 19.0 Å². The molecule has 0 saturated heterocycles. The Kier molecular flexibility index (Phi) is 86.5. The fraction of sp³-hybridized carbons (Fsp3) is 0.667. The van der Waals surface area contributed by atoms with Crippen molar-refractivity contribution in [1.82, 2.24) is 0 Å². The average molecular weight is 244 g/mol. The van der Waals surface area contributed by atoms with Gasteiger partial charge >= 0.3 is 21.0 Å². The van der Waals surface area contributed by atoms with E-state index >= 15 is 0 Å². The molecular formula is C9H21O4V-3. The van der Waals surface area contributed by atoms with Crippen LogP contribution in [0.25, 0.3) is 0 Å². The van der Waals surface area contributed by atoms with E-state index in [-0.39, 0.29) is 0 Å². The van der Waals surface area contributed by atoms with Crippen molar-refractivity contribution in [3.05, 3.63) is 19.8 Å². The summed E-state index contributed by atoms with van der Waals surface area (Å²) in [6.45, 7) is 9.00. The van der Waals surface area contributed by atoms with E-state index in [0.717, 1.165) is 56.5 Å². The van der Waals surface area contributed by atoms with Crippen LogP contribution in [0.5, 0.6) is 0 Å². The van der Waals surface area contributed by atoms with Crippen LogP contribution in [0.3, 0.4) is 0 Å². The Morgan fingerprint density at radius 3 is 0.857 bits per heavy atom. The van der Waals surface area contributed by atoms with Gasteiger partial charge in [-0.15, -0.1) is 0 Å². The third-order valence-electron chi connectivity index (χ3n) is 0.548. The van der Waals surface area contributed by atoms with Crippen LogP contribution in [-0.2, 0) is 21.0 Å². The quantitative estimate of drug-likeness (QED) is 0.667. The van der Waals surface area contributed by atoms with E-state index in [0.29, 0.717) is 0 Å². The zero-order valence-electron chi connectivity index (χ0n) is 9.05. The molecule has 0 aromatic heterocycles. The van der Waals surface area contributed by atoms with Crippen LogP contribution in [0.4, 0.5) is 0 Å². The molecule has 0 aliphatic rings. The van der Waals surface area contributed by atoms with Gasteiger partial charge in [0.05, 0.1) is 0 Å². The van der Waals surface area contributed by atoms with Gasteiger partial charge in [-0.1, -0.05) is 20.8 Å². The molecule has 0 amide bonds. The van der Waals surface area contributed by atoms with Gasteiger partial charge in [-0.3, -0.25) is 0 Å². The van der Waals surface area contributed by atoms with Crippen molar-refractivity contribution < 1.29 is 36.4 Å². The fourth-order valence-corrected chi connectivity index (χ4v) is 0. The summed E-state index contributed by atoms with van der Waals surface area (Å²) in [5.74, 6) is 0. The maximum atomic E-state index is 8.19. The van der Waals surface area contributed by atoms with Gasteiger partial charge in [0.1, 0.15) is 0 Å². The van der Waals surface area contributed by atoms with Crippen LogP contribution >= 0.6 is 0 Å². The van der Waals surface area contributed by atoms with Gasteiger partial charge in [0.25, 0.3) is 0 Å². The van der Waals surface area contributed by atoms with E-state index in [1.54, 1.807) is 0 Å². The van der Waals surface area contributed by atoms with E-state index in [2.05, 4.69) is 0 Å². The van der Waals surface area contributed by atoms with Crippen LogP contribution in [-0.4, -0.2) is 15.3 Å². The van der Waals surface area contributed by atoms with Gasteiger partial charge in [-0.25, -0.2) is 19.8 Å². The summed E-state index contributed by atoms with van der Waals surface area (Å²) in [5, 5.41) is 23.2. The van der Waals surface area contributed by atoms with Gasteiger partial charge in [0, 0.05) is 0 Å². The molecule has 3 N–H and O–H groups in total. The summed E-state index contributed by atoms with van der Waals surface area (Å²) in [4.78, 5) is 0. The number of hydrogen-bond acceptors (Lipinski definition) is 4. The third-order valence-corrected chi connectivity index (χ3v) is 0.548. The molecule has 0 spiro atoms. The molecule has 5 heteroatoms. The van der Waals surface area contributed by atoms with E-state index < -0.39 is 0 Å². The summed E-state index contributed by atoms with van der Waals surface area (Å²) in [6, 6.07) is 0. The van der Waals surface area contributed by atoms with Crippen LogP contribution in [0, 0.1) is 19.8 Å². The topological polar surface area (TPSA) is 77.8 Å². The van der Waals surface area contributed by atoms with Crippen molar-refractivity contribution in [3.63, 3.8) is 0 Å². The predicted octanol–water partition coefficient (Wildman–Crippen LogP) is 2.67. The summed E-state index contributed by atoms with van der Waals surface area (Å²) in [5.41, 5.74) is 0. The second kappa shape index (κ2) is 50.8. The molecule has 0 unspecified atom stereocenters. The van der Waals surface area contributed by atoms with Crippen LogP contribution in [0.2, 0.25) is 0 Å². The molecule has 14 heavy (non-hydrogen) atoms. The van der Waals surface area contributed by atoms with Gasteiger partial charge in [0.15, 0.2) is 0 Å². The Labute approximate surface area is 96.6 Å². The molecule has 0 saturated carbocycles. The van der Waals surface area contributed by atoms with E-state index in [9.17, 15) is 0 Å². The molecule has 0 aromatic carbocycles. The van der Waals surface area contributed by atoms with Crippen LogP contribution in [0.15, 0.2) is 0 Å². The zero-order valence-corrected chi connectivity index (χ0v) is 10.4. The molecule has 4 nitrogen and oxygen atoms in total. The second-order valence-electron chi connectivity index (χ2n) is 1.77. The summed E-state index contributed by atoms with van der Waals surface area (Å²) in [7, 11) is 0. The first kappa shape index (κ1) is 23.8. The molecule has 89 valence electrons. The Morgan fingerprint density at radius 2 is 0.857 bits per heavy atom. The van der Waals surface area contributed by atoms with Crippen molar-refractivity contribution in [3.8, 4) is 0 Å². The van der Waals surface area contributed by atoms with Crippen molar-refractivity contribution in [2.45, 2.75) is 40.0 Å². The SMILES string of the molecule is CC[CH-]O.CC[CH-]O.CC[CH-]O.[O]=[V]. The average Bonchev–Trinajstić information content (AvgIpc) is 2.31. The molecule has 0 radical (unpaired) electrons. The number of hydrogen-bond donors (Lipinski definition) is 3. The number of aliphatic hydroxyl groups excluding tert-OH is 3. The Bertz CT molecular complexity index is 40.6. The van der Waals surface area contributed by atoms with Gasteiger partial charge in [-0.05, 0) is 0 Å². The Morgan fingerprint density at radius 1 is 0.786 bits per heavy atom. The van der Waals surface area contributed by atoms with Crippen molar-refractivity contribution >= 4 is 0 Å². The first-order valence-corrected chi connectivity index (χ1v) is 4.87. The summed E-state index contributed by atoms with van der Waals surface area (Å²) in [6.07, 6.45) is 2.25. The van der Waals surface area contributed by atoms with Crippen molar-refractivity contribution in [2.75, 3.05) is 0 Å². The molecule has 0 heterocycles. The van der Waals surface area contributed by atoms with Crippen LogP contribution < -0.4 is 0 Å². The van der Waals surface area contributed by atoms with Gasteiger partial charge in [0.2, 0.25) is 0 Å². The zero-order chi connectivity index (χ0) is 12.2. The molecule has 0 fully saturated rings. The third kappa shape index (κ3) is 146. The predicted molar refractivity (Wildman–Crippen MR) is 50.3 cm³/mol. The summed E-state index contributed by atoms with van der Waals surface area (Å²) >= 11 is 1.06. The first-order chi connectivity index (χ1) is 6.74. The standard InChI is InChI=1S/3C3H7O.O.V/c3*1-2-3-4;;/h3*3-4H,2H2,1H3;;/q3*-1;;. The summed E-state index contributed by atoms with van der Waals surface area (Å²) < 4.78 is 8.19. The van der Waals surface area contributed by atoms with Crippen molar-refractivity contribution in [2.24, 2.45) is 0 Å². The fourth-order valence-electron chi connectivity index (χ4n) is 0. The molecule has 0 rings (SSSR count). The minimum atomic E-state index is 0.750. The van der Waals surface area contributed by atoms with Crippen LogP contribution in [0.1, 0.15) is 40.0 Å². The van der Waals surface area contributed by atoms with Gasteiger partial charge in [-0.2, -0.15) is 19.3 Å². The number of aliphatic hydroxyl groups is 3. The molecule has 0 aromatic rings. The first-order valence-electron chi connectivity index (χ1n) is 4.30. The van der Waals surface area contributed by atoms with E-state index in [1.165, 1.54) is 0 Å². The monoisotopic (exact) mass is 244 g/mol. The van der Waals surface area contributed by atoms with E-state index in [1.807, 2.05) is 20.8 Å². The Balaban J connectivity index is -0.0000000492. The minimum absolute atomic E-state index is 0.750. The molecule has 0 atom stereocenters. The molecular weight excluding hydrogens is 223 g/mol. The normalized spacial score (nSPS) is 6.64. The molecule has 0 aliphatic heterocycles.